The summed E-state index contributed by atoms with van der Waals surface area (Å²) in [6.45, 7) is 4.26. The van der Waals surface area contributed by atoms with E-state index in [9.17, 15) is 9.18 Å². The van der Waals surface area contributed by atoms with Crippen LogP contribution in [-0.4, -0.2) is 66.4 Å². The minimum absolute atomic E-state index is 0.146. The molecule has 1 saturated carbocycles. The Bertz CT molecular complexity index is 524. The molecular weight excluding hydrogens is 281 g/mol. The Morgan fingerprint density at radius 1 is 1.23 bits per heavy atom. The molecule has 0 N–H and O–H groups in total. The number of carbonyl (C=O) groups is 1. The molecule has 5 heteroatoms. The number of hydrogen-bond acceptors (Lipinski definition) is 3. The van der Waals surface area contributed by atoms with Crippen LogP contribution in [0.2, 0.25) is 0 Å². The first-order valence-corrected chi connectivity index (χ1v) is 8.07. The van der Waals surface area contributed by atoms with Crippen molar-refractivity contribution in [3.8, 4) is 0 Å². The van der Waals surface area contributed by atoms with Gasteiger partial charge in [-0.3, -0.25) is 14.6 Å². The van der Waals surface area contributed by atoms with Crippen LogP contribution in [0.4, 0.5) is 4.39 Å². The molecule has 1 saturated heterocycles. The van der Waals surface area contributed by atoms with Gasteiger partial charge in [-0.2, -0.15) is 0 Å². The lowest BCUT2D eigenvalue weighted by Gasteiger charge is -2.35. The highest BCUT2D eigenvalue weighted by atomic mass is 19.1. The zero-order valence-electron chi connectivity index (χ0n) is 13.2. The highest BCUT2D eigenvalue weighted by Crippen LogP contribution is 2.25. The lowest BCUT2D eigenvalue weighted by molar-refractivity contribution is -0.134. The van der Waals surface area contributed by atoms with Gasteiger partial charge in [0.05, 0.1) is 6.54 Å². The van der Waals surface area contributed by atoms with Gasteiger partial charge in [0.25, 0.3) is 0 Å². The third kappa shape index (κ3) is 3.84. The lowest BCUT2D eigenvalue weighted by Crippen LogP contribution is -2.50. The van der Waals surface area contributed by atoms with Gasteiger partial charge in [-0.05, 0) is 26.0 Å². The standard InChI is InChI=1S/C17H24FN3O/c1-19(15-6-7-15)13-17(22)21-10-8-20(9-11-21)12-14-4-2-3-5-16(14)18/h2-5,15H,6-13H2,1H3. The maximum absolute atomic E-state index is 13.7. The van der Waals surface area contributed by atoms with Crippen molar-refractivity contribution in [2.24, 2.45) is 0 Å². The predicted octanol–water partition coefficient (Wildman–Crippen LogP) is 1.56. The van der Waals surface area contributed by atoms with Crippen LogP contribution in [0.15, 0.2) is 24.3 Å². The third-order valence-electron chi connectivity index (χ3n) is 4.63. The summed E-state index contributed by atoms with van der Waals surface area (Å²) in [7, 11) is 2.03. The van der Waals surface area contributed by atoms with E-state index in [1.165, 1.54) is 18.9 Å². The quantitative estimate of drug-likeness (QED) is 0.826. The first-order chi connectivity index (χ1) is 10.6. The Kier molecular flexibility index (Phi) is 4.74. The molecule has 0 bridgehead atoms. The monoisotopic (exact) mass is 305 g/mol. The second kappa shape index (κ2) is 6.75. The van der Waals surface area contributed by atoms with Crippen molar-refractivity contribution in [2.75, 3.05) is 39.8 Å². The Labute approximate surface area is 131 Å². The maximum atomic E-state index is 13.7. The molecule has 0 radical (unpaired) electrons. The molecule has 2 fully saturated rings. The summed E-state index contributed by atoms with van der Waals surface area (Å²) in [6, 6.07) is 7.53. The molecule has 0 unspecified atom stereocenters. The molecule has 1 heterocycles. The largest absolute Gasteiger partial charge is 0.339 e. The molecule has 1 aliphatic carbocycles. The minimum atomic E-state index is -0.146. The summed E-state index contributed by atoms with van der Waals surface area (Å²) >= 11 is 0. The molecule has 3 rings (SSSR count). The van der Waals surface area contributed by atoms with Gasteiger partial charge in [-0.15, -0.1) is 0 Å². The van der Waals surface area contributed by atoms with Crippen LogP contribution < -0.4 is 0 Å². The first-order valence-electron chi connectivity index (χ1n) is 8.07. The van der Waals surface area contributed by atoms with E-state index in [1.807, 2.05) is 24.1 Å². The van der Waals surface area contributed by atoms with Gasteiger partial charge in [-0.1, -0.05) is 18.2 Å². The van der Waals surface area contributed by atoms with E-state index in [0.717, 1.165) is 31.7 Å². The first kappa shape index (κ1) is 15.4. The van der Waals surface area contributed by atoms with E-state index in [-0.39, 0.29) is 11.7 Å². The second-order valence-electron chi connectivity index (χ2n) is 6.39. The van der Waals surface area contributed by atoms with Gasteiger partial charge in [0, 0.05) is 44.3 Å². The number of carbonyl (C=O) groups excluding carboxylic acids is 1. The van der Waals surface area contributed by atoms with E-state index < -0.39 is 0 Å². The van der Waals surface area contributed by atoms with E-state index in [4.69, 9.17) is 0 Å². The van der Waals surface area contributed by atoms with E-state index in [2.05, 4.69) is 9.80 Å². The summed E-state index contributed by atoms with van der Waals surface area (Å²) in [5.41, 5.74) is 0.732. The fourth-order valence-corrected chi connectivity index (χ4v) is 2.98. The van der Waals surface area contributed by atoms with Crippen LogP contribution in [0, 0.1) is 5.82 Å². The van der Waals surface area contributed by atoms with Crippen LogP contribution in [-0.2, 0) is 11.3 Å². The van der Waals surface area contributed by atoms with Gasteiger partial charge < -0.3 is 4.90 Å². The van der Waals surface area contributed by atoms with Crippen LogP contribution in [0.25, 0.3) is 0 Å². The van der Waals surface area contributed by atoms with E-state index in [1.54, 1.807) is 6.07 Å². The molecule has 0 aromatic heterocycles. The summed E-state index contributed by atoms with van der Waals surface area (Å²) < 4.78 is 13.7. The number of amides is 1. The summed E-state index contributed by atoms with van der Waals surface area (Å²) in [5, 5.41) is 0. The molecule has 0 spiro atoms. The molecule has 1 aromatic carbocycles. The SMILES string of the molecule is CN(CC(=O)N1CCN(Cc2ccccc2F)CC1)C1CC1. The number of hydrogen-bond donors (Lipinski definition) is 0. The van der Waals surface area contributed by atoms with Crippen molar-refractivity contribution in [3.63, 3.8) is 0 Å². The lowest BCUT2D eigenvalue weighted by atomic mass is 10.2. The molecule has 4 nitrogen and oxygen atoms in total. The second-order valence-corrected chi connectivity index (χ2v) is 6.39. The van der Waals surface area contributed by atoms with Crippen molar-refractivity contribution >= 4 is 5.91 Å². The molecule has 0 atom stereocenters. The summed E-state index contributed by atoms with van der Waals surface area (Å²) in [4.78, 5) is 18.6. The molecule has 1 aliphatic heterocycles. The average Bonchev–Trinajstić information content (AvgIpc) is 3.35. The average molecular weight is 305 g/mol. The number of nitrogens with zero attached hydrogens (tertiary/aromatic N) is 3. The number of halogens is 1. The van der Waals surface area contributed by atoms with Crippen molar-refractivity contribution in [2.45, 2.75) is 25.4 Å². The molecule has 120 valence electrons. The van der Waals surface area contributed by atoms with Crippen molar-refractivity contribution in [3.05, 3.63) is 35.6 Å². The Morgan fingerprint density at radius 2 is 1.91 bits per heavy atom. The van der Waals surface area contributed by atoms with E-state index >= 15 is 0 Å². The van der Waals surface area contributed by atoms with Gasteiger partial charge in [0.15, 0.2) is 0 Å². The summed E-state index contributed by atoms with van der Waals surface area (Å²) in [5.74, 6) is 0.0759. The van der Waals surface area contributed by atoms with Crippen molar-refractivity contribution < 1.29 is 9.18 Å². The Balaban J connectivity index is 1.45. The topological polar surface area (TPSA) is 26.8 Å². The minimum Gasteiger partial charge on any atom is -0.339 e. The molecule has 22 heavy (non-hydrogen) atoms. The fraction of sp³-hybridized carbons (Fsp3) is 0.588. The van der Waals surface area contributed by atoms with Crippen LogP contribution in [0.5, 0.6) is 0 Å². The number of benzene rings is 1. The maximum Gasteiger partial charge on any atom is 0.236 e. The normalized spacial score (nSPS) is 19.7. The Morgan fingerprint density at radius 3 is 2.55 bits per heavy atom. The molecule has 2 aliphatic rings. The van der Waals surface area contributed by atoms with Gasteiger partial charge in [-0.25, -0.2) is 4.39 Å². The highest BCUT2D eigenvalue weighted by Gasteiger charge is 2.29. The van der Waals surface area contributed by atoms with Crippen LogP contribution in [0.1, 0.15) is 18.4 Å². The van der Waals surface area contributed by atoms with E-state index in [0.29, 0.717) is 19.1 Å². The van der Waals surface area contributed by atoms with Crippen LogP contribution in [0.3, 0.4) is 0 Å². The zero-order chi connectivity index (χ0) is 15.5. The predicted molar refractivity (Wildman–Crippen MR) is 83.9 cm³/mol. The summed E-state index contributed by atoms with van der Waals surface area (Å²) in [6.07, 6.45) is 2.44. The van der Waals surface area contributed by atoms with Crippen molar-refractivity contribution in [1.29, 1.82) is 0 Å². The smallest absolute Gasteiger partial charge is 0.236 e. The van der Waals surface area contributed by atoms with Gasteiger partial charge in [0.1, 0.15) is 5.82 Å². The van der Waals surface area contributed by atoms with Crippen molar-refractivity contribution in [1.82, 2.24) is 14.7 Å². The van der Waals surface area contributed by atoms with Gasteiger partial charge in [0.2, 0.25) is 5.91 Å². The Hall–Kier alpha value is -1.46. The number of rotatable bonds is 5. The molecule has 1 amide bonds. The number of likely N-dealkylation sites (N-methyl/N-ethyl adjacent to an activating group) is 1. The van der Waals surface area contributed by atoms with Gasteiger partial charge >= 0.3 is 0 Å². The third-order valence-corrected chi connectivity index (χ3v) is 4.63. The van der Waals surface area contributed by atoms with Crippen LogP contribution >= 0.6 is 0 Å². The highest BCUT2D eigenvalue weighted by molar-refractivity contribution is 5.78. The zero-order valence-corrected chi connectivity index (χ0v) is 13.2. The number of piperazine rings is 1. The molecule has 1 aromatic rings. The molecular formula is C17H24FN3O. The fourth-order valence-electron chi connectivity index (χ4n) is 2.98.